The normalized spacial score (nSPS) is 18.8. The standard InChI is InChI=1S/C19H25F3N6O3S/c1-18(4-5-18)24-32(30,31)13-10-14(16-23-11-15(19(20,21)22)28(16)12-13)26-6-8-27(9-7-26)17(29)25(2)3/h10-12,24H,4-9H2,1-3H3. The number of urea groups is 1. The Bertz CT molecular complexity index is 1150. The number of hydrogen-bond donors (Lipinski definition) is 1. The SMILES string of the molecule is CN(C)C(=O)N1CCN(c2cc(S(=O)(=O)NC3(C)CC3)cn3c(C(F)(F)F)cnc23)CC1. The Kier molecular flexibility index (Phi) is 5.31. The van der Waals surface area contributed by atoms with Gasteiger partial charge in [0.25, 0.3) is 0 Å². The van der Waals surface area contributed by atoms with Crippen molar-refractivity contribution in [1.82, 2.24) is 23.9 Å². The molecule has 2 amide bonds. The van der Waals surface area contributed by atoms with Crippen molar-refractivity contribution in [2.45, 2.75) is 36.4 Å². The molecule has 3 heterocycles. The van der Waals surface area contributed by atoms with Gasteiger partial charge in [0.1, 0.15) is 10.6 Å². The number of hydrogen-bond acceptors (Lipinski definition) is 5. The minimum atomic E-state index is -4.70. The van der Waals surface area contributed by atoms with Crippen LogP contribution in [0.15, 0.2) is 23.4 Å². The molecule has 2 aliphatic rings. The van der Waals surface area contributed by atoms with Crippen molar-refractivity contribution in [3.8, 4) is 0 Å². The number of pyridine rings is 1. The molecule has 0 radical (unpaired) electrons. The van der Waals surface area contributed by atoms with Crippen LogP contribution in [0.5, 0.6) is 0 Å². The fourth-order valence-electron chi connectivity index (χ4n) is 3.73. The van der Waals surface area contributed by atoms with E-state index in [1.165, 1.54) is 11.0 Å². The Hall–Kier alpha value is -2.54. The zero-order chi connectivity index (χ0) is 23.5. The molecule has 2 fully saturated rings. The van der Waals surface area contributed by atoms with Crippen molar-refractivity contribution in [3.05, 3.63) is 24.2 Å². The second-order valence-electron chi connectivity index (χ2n) is 8.71. The average molecular weight is 475 g/mol. The van der Waals surface area contributed by atoms with Gasteiger partial charge in [-0.2, -0.15) is 13.2 Å². The number of piperazine rings is 1. The number of nitrogens with zero attached hydrogens (tertiary/aromatic N) is 5. The van der Waals surface area contributed by atoms with Gasteiger partial charge in [0.15, 0.2) is 5.65 Å². The van der Waals surface area contributed by atoms with Crippen LogP contribution in [0, 0.1) is 0 Å². The summed E-state index contributed by atoms with van der Waals surface area (Å²) in [6.45, 7) is 3.12. The van der Waals surface area contributed by atoms with Crippen molar-refractivity contribution < 1.29 is 26.4 Å². The van der Waals surface area contributed by atoms with Crippen LogP contribution in [0.3, 0.4) is 0 Å². The molecule has 13 heteroatoms. The summed E-state index contributed by atoms with van der Waals surface area (Å²) < 4.78 is 70.0. The van der Waals surface area contributed by atoms with Crippen LogP contribution in [-0.4, -0.2) is 79.4 Å². The van der Waals surface area contributed by atoms with Crippen LogP contribution in [0.25, 0.3) is 5.65 Å². The van der Waals surface area contributed by atoms with Crippen molar-refractivity contribution in [3.63, 3.8) is 0 Å². The number of sulfonamides is 1. The highest BCUT2D eigenvalue weighted by Gasteiger charge is 2.42. The average Bonchev–Trinajstić information content (AvgIpc) is 3.24. The van der Waals surface area contributed by atoms with Gasteiger partial charge in [-0.15, -0.1) is 0 Å². The molecule has 0 unspecified atom stereocenters. The Morgan fingerprint density at radius 2 is 1.81 bits per heavy atom. The number of amides is 2. The van der Waals surface area contributed by atoms with Gasteiger partial charge in [-0.3, -0.25) is 4.40 Å². The highest BCUT2D eigenvalue weighted by Crippen LogP contribution is 2.37. The van der Waals surface area contributed by atoms with E-state index in [9.17, 15) is 26.4 Å². The Labute approximate surface area is 183 Å². The summed E-state index contributed by atoms with van der Waals surface area (Å²) in [6, 6.07) is 1.20. The van der Waals surface area contributed by atoms with E-state index in [1.54, 1.807) is 30.8 Å². The van der Waals surface area contributed by atoms with Crippen LogP contribution < -0.4 is 9.62 Å². The zero-order valence-electron chi connectivity index (χ0n) is 18.0. The Morgan fingerprint density at radius 3 is 2.34 bits per heavy atom. The van der Waals surface area contributed by atoms with Gasteiger partial charge in [0, 0.05) is 52.0 Å². The fraction of sp³-hybridized carbons (Fsp3) is 0.579. The minimum absolute atomic E-state index is 0.0151. The molecule has 4 rings (SSSR count). The number of aromatic nitrogens is 2. The first kappa shape index (κ1) is 22.6. The molecule has 176 valence electrons. The predicted octanol–water partition coefficient (Wildman–Crippen LogP) is 1.99. The minimum Gasteiger partial charge on any atom is -0.365 e. The first-order valence-corrected chi connectivity index (χ1v) is 11.6. The number of carbonyl (C=O) groups is 1. The van der Waals surface area contributed by atoms with Crippen LogP contribution in [-0.2, 0) is 16.2 Å². The van der Waals surface area contributed by atoms with Crippen LogP contribution in [0.1, 0.15) is 25.5 Å². The number of alkyl halides is 3. The number of carbonyl (C=O) groups excluding carboxylic acids is 1. The molecule has 32 heavy (non-hydrogen) atoms. The molecule has 0 aromatic carbocycles. The van der Waals surface area contributed by atoms with E-state index >= 15 is 0 Å². The molecule has 2 aromatic rings. The molecular formula is C19H25F3N6O3S. The van der Waals surface area contributed by atoms with Crippen molar-refractivity contribution in [1.29, 1.82) is 0 Å². The Balaban J connectivity index is 1.75. The second-order valence-corrected chi connectivity index (χ2v) is 10.4. The van der Waals surface area contributed by atoms with Crippen LogP contribution in [0.4, 0.5) is 23.7 Å². The number of rotatable bonds is 4. The van der Waals surface area contributed by atoms with Gasteiger partial charge in [-0.05, 0) is 25.8 Å². The number of fused-ring (bicyclic) bond motifs is 1. The maximum atomic E-state index is 13.6. The molecule has 2 aromatic heterocycles. The molecule has 0 bridgehead atoms. The fourth-order valence-corrected chi connectivity index (χ4v) is 5.21. The smallest absolute Gasteiger partial charge is 0.365 e. The lowest BCUT2D eigenvalue weighted by atomic mass is 10.2. The monoisotopic (exact) mass is 474 g/mol. The number of nitrogens with one attached hydrogen (secondary N) is 1. The molecule has 1 saturated carbocycles. The lowest BCUT2D eigenvalue weighted by Crippen LogP contribution is -2.51. The molecule has 1 saturated heterocycles. The number of halogens is 3. The summed E-state index contributed by atoms with van der Waals surface area (Å²) in [7, 11) is -0.764. The lowest BCUT2D eigenvalue weighted by Gasteiger charge is -2.37. The molecule has 0 spiro atoms. The second kappa shape index (κ2) is 7.51. The van der Waals surface area contributed by atoms with Crippen LogP contribution >= 0.6 is 0 Å². The zero-order valence-corrected chi connectivity index (χ0v) is 18.8. The molecule has 9 nitrogen and oxygen atoms in total. The largest absolute Gasteiger partial charge is 0.433 e. The van der Waals surface area contributed by atoms with Crippen molar-refractivity contribution in [2.24, 2.45) is 0 Å². The third-order valence-corrected chi connectivity index (χ3v) is 7.42. The van der Waals surface area contributed by atoms with E-state index < -0.39 is 27.4 Å². The predicted molar refractivity (Wildman–Crippen MR) is 111 cm³/mol. The van der Waals surface area contributed by atoms with E-state index in [1.807, 2.05) is 0 Å². The highest BCUT2D eigenvalue weighted by atomic mass is 32.2. The van der Waals surface area contributed by atoms with Gasteiger partial charge in [0.05, 0.1) is 11.9 Å². The Morgan fingerprint density at radius 1 is 1.19 bits per heavy atom. The molecular weight excluding hydrogens is 449 g/mol. The number of anilines is 1. The maximum absolute atomic E-state index is 13.6. The third-order valence-electron chi connectivity index (χ3n) is 5.82. The molecule has 0 atom stereocenters. The van der Waals surface area contributed by atoms with E-state index in [-0.39, 0.29) is 22.3 Å². The molecule has 1 N–H and O–H groups in total. The summed E-state index contributed by atoms with van der Waals surface area (Å²) in [4.78, 5) is 20.7. The summed E-state index contributed by atoms with van der Waals surface area (Å²) in [5.74, 6) is 0. The van der Waals surface area contributed by atoms with Gasteiger partial charge in [0.2, 0.25) is 10.0 Å². The maximum Gasteiger partial charge on any atom is 0.433 e. The molecule has 1 aliphatic heterocycles. The first-order chi connectivity index (χ1) is 14.8. The van der Waals surface area contributed by atoms with E-state index in [2.05, 4.69) is 9.71 Å². The summed E-state index contributed by atoms with van der Waals surface area (Å²) in [6.07, 6.45) is -1.69. The summed E-state index contributed by atoms with van der Waals surface area (Å²) in [5.41, 5.74) is -1.33. The van der Waals surface area contributed by atoms with Crippen molar-refractivity contribution >= 4 is 27.4 Å². The quantitative estimate of drug-likeness (QED) is 0.732. The van der Waals surface area contributed by atoms with Gasteiger partial charge >= 0.3 is 12.2 Å². The summed E-state index contributed by atoms with van der Waals surface area (Å²) in [5, 5.41) is 0. The van der Waals surface area contributed by atoms with Gasteiger partial charge in [-0.1, -0.05) is 0 Å². The first-order valence-electron chi connectivity index (χ1n) is 10.1. The molecule has 1 aliphatic carbocycles. The third kappa shape index (κ3) is 4.22. The number of imidazole rings is 1. The topological polar surface area (TPSA) is 90.3 Å². The van der Waals surface area contributed by atoms with Crippen LogP contribution in [0.2, 0.25) is 0 Å². The van der Waals surface area contributed by atoms with Gasteiger partial charge in [-0.25, -0.2) is 22.9 Å². The summed E-state index contributed by atoms with van der Waals surface area (Å²) >= 11 is 0. The van der Waals surface area contributed by atoms with E-state index in [0.29, 0.717) is 45.2 Å². The lowest BCUT2D eigenvalue weighted by molar-refractivity contribution is -0.141. The highest BCUT2D eigenvalue weighted by molar-refractivity contribution is 7.89. The van der Waals surface area contributed by atoms with Gasteiger partial charge < -0.3 is 14.7 Å². The van der Waals surface area contributed by atoms with Crippen molar-refractivity contribution in [2.75, 3.05) is 45.2 Å². The van der Waals surface area contributed by atoms with E-state index in [4.69, 9.17) is 0 Å². The van der Waals surface area contributed by atoms with E-state index in [0.717, 1.165) is 10.6 Å².